The molecule has 0 aromatic heterocycles. The molecule has 3 fully saturated rings. The molecule has 0 radical (unpaired) electrons. The summed E-state index contributed by atoms with van der Waals surface area (Å²) in [7, 11) is 1.36. The molecule has 6 nitrogen and oxygen atoms in total. The van der Waals surface area contributed by atoms with Gasteiger partial charge in [0.2, 0.25) is 5.91 Å². The maximum absolute atomic E-state index is 14.1. The highest BCUT2D eigenvalue weighted by molar-refractivity contribution is 5.79. The number of carbonyl (C=O) groups excluding carboxylic acids is 2. The molecule has 5 rings (SSSR count). The van der Waals surface area contributed by atoms with Crippen molar-refractivity contribution in [2.75, 3.05) is 33.2 Å². The van der Waals surface area contributed by atoms with Crippen molar-refractivity contribution in [3.63, 3.8) is 0 Å². The number of carbonyl (C=O) groups is 2. The Morgan fingerprint density at radius 1 is 0.932 bits per heavy atom. The van der Waals surface area contributed by atoms with E-state index in [4.69, 9.17) is 0 Å². The predicted octanol–water partition coefficient (Wildman–Crippen LogP) is 6.80. The van der Waals surface area contributed by atoms with Gasteiger partial charge in [-0.15, -0.1) is 0 Å². The lowest BCUT2D eigenvalue weighted by atomic mass is 9.88. The third kappa shape index (κ3) is 6.38. The number of hydrogen-bond acceptors (Lipinski definition) is 3. The molecule has 2 unspecified atom stereocenters. The first-order valence-corrected chi connectivity index (χ1v) is 14.7. The number of benzene rings is 2. The van der Waals surface area contributed by atoms with E-state index in [1.807, 2.05) is 4.90 Å². The maximum atomic E-state index is 14.1. The number of alkyl halides is 6. The summed E-state index contributed by atoms with van der Waals surface area (Å²) in [5.74, 6) is -0.274. The van der Waals surface area contributed by atoms with Crippen LogP contribution in [0.3, 0.4) is 0 Å². The van der Waals surface area contributed by atoms with Gasteiger partial charge in [0.1, 0.15) is 5.82 Å². The van der Waals surface area contributed by atoms with Gasteiger partial charge in [0, 0.05) is 51.7 Å². The quantitative estimate of drug-likeness (QED) is 0.350. The first-order valence-electron chi connectivity index (χ1n) is 14.7. The summed E-state index contributed by atoms with van der Waals surface area (Å²) in [6.45, 7) is 5.43. The van der Waals surface area contributed by atoms with Crippen LogP contribution in [0.2, 0.25) is 0 Å². The maximum Gasteiger partial charge on any atom is 0.416 e. The Hall–Kier alpha value is -3.35. The number of aryl methyl sites for hydroxylation is 1. The lowest BCUT2D eigenvalue weighted by Crippen LogP contribution is -2.57. The van der Waals surface area contributed by atoms with E-state index in [9.17, 15) is 40.3 Å². The lowest BCUT2D eigenvalue weighted by molar-refractivity contribution is -0.143. The van der Waals surface area contributed by atoms with Crippen LogP contribution in [0.15, 0.2) is 36.4 Å². The first kappa shape index (κ1) is 32.1. The number of amides is 3. The number of rotatable bonds is 4. The molecule has 3 amide bonds. The van der Waals surface area contributed by atoms with Crippen LogP contribution < -0.4 is 0 Å². The summed E-state index contributed by atoms with van der Waals surface area (Å²) in [5.41, 5.74) is -1.84. The van der Waals surface area contributed by atoms with Gasteiger partial charge in [0.15, 0.2) is 0 Å². The Morgan fingerprint density at radius 2 is 1.59 bits per heavy atom. The first-order chi connectivity index (χ1) is 20.5. The number of likely N-dealkylation sites (tertiary alicyclic amines) is 1. The number of piperidine rings is 1. The minimum Gasteiger partial charge on any atom is -0.337 e. The standard InChI is InChI=1S/C31H35F7N4O2/c1-18-12-23(32)4-6-26(18)27-16-24(40-10-11-41-25(17-40)5-7-28(41)43)8-9-42(27)29(44)39(3)19(2)20-13-21(30(33,34)35)15-22(14-20)31(36,37)38/h4,6,12-15,19,24-25,27H,5,7-11,16-17H2,1-3H3/t19?,24-,25-,27?/m0/s1. The van der Waals surface area contributed by atoms with Gasteiger partial charge in [-0.1, -0.05) is 6.07 Å². The SMILES string of the molecule is Cc1cc(F)ccc1C1C[C@@H](N2CCN3C(=O)CC[C@H]3C2)CCN1C(=O)N(C)C(C)c1cc(C(F)(F)F)cc(C(F)(F)F)c1. The normalized spacial score (nSPS) is 24.0. The molecule has 3 aliphatic rings. The van der Waals surface area contributed by atoms with Crippen molar-refractivity contribution in [3.05, 3.63) is 70.0 Å². The van der Waals surface area contributed by atoms with Crippen LogP contribution in [0.1, 0.15) is 72.5 Å². The van der Waals surface area contributed by atoms with Crippen LogP contribution in [0.25, 0.3) is 0 Å². The van der Waals surface area contributed by atoms with Crippen LogP contribution in [0, 0.1) is 12.7 Å². The van der Waals surface area contributed by atoms with Crippen molar-refractivity contribution in [2.24, 2.45) is 0 Å². The summed E-state index contributed by atoms with van der Waals surface area (Å²) in [6, 6.07) is 3.68. The van der Waals surface area contributed by atoms with Gasteiger partial charge >= 0.3 is 18.4 Å². The van der Waals surface area contributed by atoms with Gasteiger partial charge in [0.25, 0.3) is 0 Å². The summed E-state index contributed by atoms with van der Waals surface area (Å²) < 4.78 is 95.2. The summed E-state index contributed by atoms with van der Waals surface area (Å²) in [6.07, 6.45) is -7.60. The summed E-state index contributed by atoms with van der Waals surface area (Å²) >= 11 is 0. The van der Waals surface area contributed by atoms with Crippen LogP contribution in [0.5, 0.6) is 0 Å². The molecule has 0 saturated carbocycles. The zero-order valence-electron chi connectivity index (χ0n) is 24.7. The van der Waals surface area contributed by atoms with Crippen LogP contribution >= 0.6 is 0 Å². The minimum atomic E-state index is -5.01. The minimum absolute atomic E-state index is 0.0619. The van der Waals surface area contributed by atoms with E-state index in [-0.39, 0.29) is 36.2 Å². The highest BCUT2D eigenvalue weighted by Crippen LogP contribution is 2.40. The van der Waals surface area contributed by atoms with Gasteiger partial charge < -0.3 is 14.7 Å². The summed E-state index contributed by atoms with van der Waals surface area (Å²) in [4.78, 5) is 33.2. The van der Waals surface area contributed by atoms with Gasteiger partial charge in [-0.2, -0.15) is 26.3 Å². The van der Waals surface area contributed by atoms with E-state index < -0.39 is 47.4 Å². The highest BCUT2D eigenvalue weighted by atomic mass is 19.4. The van der Waals surface area contributed by atoms with Crippen molar-refractivity contribution in [3.8, 4) is 0 Å². The fourth-order valence-corrected chi connectivity index (χ4v) is 6.85. The van der Waals surface area contributed by atoms with E-state index in [1.165, 1.54) is 26.1 Å². The Kier molecular flexibility index (Phi) is 8.65. The molecule has 0 aliphatic carbocycles. The second-order valence-corrected chi connectivity index (χ2v) is 12.1. The highest BCUT2D eigenvalue weighted by Gasteiger charge is 2.43. The molecule has 3 heterocycles. The average Bonchev–Trinajstić information content (AvgIpc) is 3.34. The second-order valence-electron chi connectivity index (χ2n) is 12.1. The molecule has 3 saturated heterocycles. The van der Waals surface area contributed by atoms with Gasteiger partial charge in [-0.25, -0.2) is 9.18 Å². The smallest absolute Gasteiger partial charge is 0.337 e. The second kappa shape index (κ2) is 11.9. The molecular weight excluding hydrogens is 593 g/mol. The topological polar surface area (TPSA) is 47.1 Å². The van der Waals surface area contributed by atoms with Crippen LogP contribution in [0.4, 0.5) is 35.5 Å². The molecular formula is C31H35F7N4O2. The van der Waals surface area contributed by atoms with Crippen molar-refractivity contribution < 1.29 is 40.3 Å². The molecule has 44 heavy (non-hydrogen) atoms. The Labute approximate surface area is 251 Å². The number of halogens is 7. The van der Waals surface area contributed by atoms with E-state index >= 15 is 0 Å². The number of fused-ring (bicyclic) bond motifs is 1. The largest absolute Gasteiger partial charge is 0.416 e. The van der Waals surface area contributed by atoms with Crippen molar-refractivity contribution in [1.29, 1.82) is 0 Å². The molecule has 2 aromatic rings. The van der Waals surface area contributed by atoms with Crippen LogP contribution in [-0.2, 0) is 17.1 Å². The van der Waals surface area contributed by atoms with Gasteiger partial charge in [-0.05, 0) is 80.1 Å². The molecule has 4 atom stereocenters. The molecule has 3 aliphatic heterocycles. The Bertz CT molecular complexity index is 1380. The molecule has 240 valence electrons. The Balaban J connectivity index is 1.42. The van der Waals surface area contributed by atoms with Gasteiger partial charge in [0.05, 0.1) is 23.2 Å². The average molecular weight is 629 g/mol. The van der Waals surface area contributed by atoms with Gasteiger partial charge in [-0.3, -0.25) is 9.69 Å². The molecule has 0 spiro atoms. The lowest BCUT2D eigenvalue weighted by Gasteiger charge is -2.48. The van der Waals surface area contributed by atoms with Crippen LogP contribution in [-0.4, -0.2) is 76.8 Å². The van der Waals surface area contributed by atoms with Crippen molar-refractivity contribution in [2.45, 2.75) is 76.1 Å². The van der Waals surface area contributed by atoms with E-state index in [1.54, 1.807) is 17.9 Å². The zero-order chi connectivity index (χ0) is 32.1. The number of piperazine rings is 1. The predicted molar refractivity (Wildman–Crippen MR) is 148 cm³/mol. The third-order valence-electron chi connectivity index (χ3n) is 9.43. The number of hydrogen-bond donors (Lipinski definition) is 0. The van der Waals surface area contributed by atoms with E-state index in [0.717, 1.165) is 16.9 Å². The molecule has 0 bridgehead atoms. The fourth-order valence-electron chi connectivity index (χ4n) is 6.85. The zero-order valence-corrected chi connectivity index (χ0v) is 24.7. The monoisotopic (exact) mass is 628 g/mol. The fraction of sp³-hybridized carbons (Fsp3) is 0.548. The molecule has 0 N–H and O–H groups in total. The van der Waals surface area contributed by atoms with Crippen molar-refractivity contribution in [1.82, 2.24) is 19.6 Å². The van der Waals surface area contributed by atoms with E-state index in [2.05, 4.69) is 4.90 Å². The van der Waals surface area contributed by atoms with Crippen molar-refractivity contribution >= 4 is 11.9 Å². The van der Waals surface area contributed by atoms with E-state index in [0.29, 0.717) is 56.6 Å². The number of urea groups is 1. The number of nitrogens with zero attached hydrogens (tertiary/aromatic N) is 4. The molecule has 2 aromatic carbocycles. The Morgan fingerprint density at radius 3 is 2.20 bits per heavy atom. The molecule has 13 heteroatoms. The third-order valence-corrected chi connectivity index (χ3v) is 9.43. The summed E-state index contributed by atoms with van der Waals surface area (Å²) in [5, 5.41) is 0.